The van der Waals surface area contributed by atoms with E-state index in [1.54, 1.807) is 36.0 Å². The fraction of sp³-hybridized carbons (Fsp3) is 0.333. The number of thiazole rings is 1. The summed E-state index contributed by atoms with van der Waals surface area (Å²) in [4.78, 5) is 11.4. The number of hydrogen-bond acceptors (Lipinski definition) is 5. The van der Waals surface area contributed by atoms with E-state index < -0.39 is 0 Å². The van der Waals surface area contributed by atoms with E-state index in [2.05, 4.69) is 38.1 Å². The van der Waals surface area contributed by atoms with E-state index in [1.807, 2.05) is 19.1 Å². The van der Waals surface area contributed by atoms with Crippen molar-refractivity contribution in [3.63, 3.8) is 0 Å². The Hall–Kier alpha value is -2.12. The van der Waals surface area contributed by atoms with Crippen molar-refractivity contribution in [1.82, 2.24) is 15.6 Å². The zero-order valence-electron chi connectivity index (χ0n) is 14.4. The third-order valence-electron chi connectivity index (χ3n) is 3.66. The second-order valence-electron chi connectivity index (χ2n) is 5.52. The molecule has 25 heavy (non-hydrogen) atoms. The molecule has 3 rings (SSSR count). The van der Waals surface area contributed by atoms with Crippen LogP contribution in [0, 0.1) is 6.92 Å². The Kier molecular flexibility index (Phi) is 6.25. The van der Waals surface area contributed by atoms with E-state index in [9.17, 15) is 0 Å². The van der Waals surface area contributed by atoms with Gasteiger partial charge in [-0.15, -0.1) is 22.7 Å². The first kappa shape index (κ1) is 17.7. The van der Waals surface area contributed by atoms with Crippen LogP contribution in [0.4, 0.5) is 0 Å². The minimum absolute atomic E-state index is 0.791. The number of furan rings is 1. The first-order chi connectivity index (χ1) is 12.2. The van der Waals surface area contributed by atoms with Crippen LogP contribution in [0.5, 0.6) is 0 Å². The summed E-state index contributed by atoms with van der Waals surface area (Å²) >= 11 is 3.50. The smallest absolute Gasteiger partial charge is 0.191 e. The van der Waals surface area contributed by atoms with Gasteiger partial charge in [-0.1, -0.05) is 0 Å². The summed E-state index contributed by atoms with van der Waals surface area (Å²) < 4.78 is 5.32. The monoisotopic (exact) mass is 374 g/mol. The highest BCUT2D eigenvalue weighted by Crippen LogP contribution is 2.29. The normalized spacial score (nSPS) is 11.7. The van der Waals surface area contributed by atoms with Gasteiger partial charge in [-0.3, -0.25) is 4.99 Å². The lowest BCUT2D eigenvalue weighted by molar-refractivity contribution is 0.507. The minimum Gasteiger partial charge on any atom is -0.469 e. The summed E-state index contributed by atoms with van der Waals surface area (Å²) in [6.45, 7) is 3.67. The average molecular weight is 375 g/mol. The highest BCUT2D eigenvalue weighted by molar-refractivity contribution is 7.16. The molecule has 7 heteroatoms. The number of guanidine groups is 1. The van der Waals surface area contributed by atoms with E-state index in [-0.39, 0.29) is 0 Å². The molecule has 0 fully saturated rings. The summed E-state index contributed by atoms with van der Waals surface area (Å²) in [5.74, 6) is 1.80. The molecule has 0 saturated carbocycles. The van der Waals surface area contributed by atoms with Crippen molar-refractivity contribution in [3.8, 4) is 10.6 Å². The lowest BCUT2D eigenvalue weighted by Crippen LogP contribution is -2.39. The number of aryl methyl sites for hydroxylation is 1. The van der Waals surface area contributed by atoms with Gasteiger partial charge in [0.15, 0.2) is 5.96 Å². The van der Waals surface area contributed by atoms with Crippen molar-refractivity contribution < 1.29 is 4.42 Å². The van der Waals surface area contributed by atoms with Crippen molar-refractivity contribution in [3.05, 3.63) is 51.6 Å². The van der Waals surface area contributed by atoms with Crippen molar-refractivity contribution in [2.75, 3.05) is 20.1 Å². The molecule has 3 heterocycles. The molecular weight excluding hydrogens is 352 g/mol. The van der Waals surface area contributed by atoms with E-state index >= 15 is 0 Å². The van der Waals surface area contributed by atoms with E-state index in [0.29, 0.717) is 0 Å². The van der Waals surface area contributed by atoms with Gasteiger partial charge in [0.05, 0.1) is 21.8 Å². The maximum absolute atomic E-state index is 5.32. The van der Waals surface area contributed by atoms with Crippen LogP contribution in [0.15, 0.2) is 45.3 Å². The zero-order valence-corrected chi connectivity index (χ0v) is 16.0. The van der Waals surface area contributed by atoms with Gasteiger partial charge in [0, 0.05) is 36.8 Å². The molecule has 5 nitrogen and oxygen atoms in total. The molecule has 0 bridgehead atoms. The summed E-state index contributed by atoms with van der Waals surface area (Å²) in [7, 11) is 1.79. The highest BCUT2D eigenvalue weighted by atomic mass is 32.1. The summed E-state index contributed by atoms with van der Waals surface area (Å²) in [5, 5.41) is 9.88. The van der Waals surface area contributed by atoms with Gasteiger partial charge in [-0.25, -0.2) is 4.98 Å². The second kappa shape index (κ2) is 8.82. The largest absolute Gasteiger partial charge is 0.469 e. The predicted molar refractivity (Wildman–Crippen MR) is 106 cm³/mol. The molecule has 2 N–H and O–H groups in total. The molecule has 0 aliphatic heterocycles. The molecule has 0 aliphatic rings. The zero-order chi connectivity index (χ0) is 17.5. The van der Waals surface area contributed by atoms with Gasteiger partial charge in [-0.2, -0.15) is 0 Å². The van der Waals surface area contributed by atoms with Gasteiger partial charge in [0.2, 0.25) is 0 Å². The topological polar surface area (TPSA) is 62.5 Å². The van der Waals surface area contributed by atoms with Crippen LogP contribution in [-0.4, -0.2) is 31.1 Å². The summed E-state index contributed by atoms with van der Waals surface area (Å²) in [6.07, 6.45) is 3.51. The summed E-state index contributed by atoms with van der Waals surface area (Å²) in [5.41, 5.74) is 1.09. The Morgan fingerprint density at radius 2 is 2.04 bits per heavy atom. The molecule has 3 aromatic rings. The first-order valence-corrected chi connectivity index (χ1v) is 9.92. The van der Waals surface area contributed by atoms with Gasteiger partial charge < -0.3 is 15.1 Å². The van der Waals surface area contributed by atoms with Crippen LogP contribution < -0.4 is 10.6 Å². The number of thiophene rings is 1. The van der Waals surface area contributed by atoms with Gasteiger partial charge in [-0.05, 0) is 37.6 Å². The number of nitrogens with one attached hydrogen (secondary N) is 2. The lowest BCUT2D eigenvalue weighted by Gasteiger charge is -2.10. The van der Waals surface area contributed by atoms with Gasteiger partial charge >= 0.3 is 0 Å². The molecule has 0 aromatic carbocycles. The molecule has 0 spiro atoms. The van der Waals surface area contributed by atoms with Crippen molar-refractivity contribution in [2.24, 2.45) is 4.99 Å². The molecule has 0 unspecified atom stereocenters. The third kappa shape index (κ3) is 5.17. The van der Waals surface area contributed by atoms with E-state index in [4.69, 9.17) is 4.42 Å². The Bertz CT molecular complexity index is 805. The van der Waals surface area contributed by atoms with Crippen LogP contribution in [-0.2, 0) is 12.8 Å². The molecular formula is C18H22N4OS2. The predicted octanol–water partition coefficient (Wildman–Crippen LogP) is 3.72. The molecule has 132 valence electrons. The number of rotatable bonds is 7. The van der Waals surface area contributed by atoms with Crippen LogP contribution in [0.3, 0.4) is 0 Å². The SMILES string of the molecule is CN=C(NCCc1ccco1)NCCc1ccc(-c2csc(C)n2)s1. The number of hydrogen-bond donors (Lipinski definition) is 2. The third-order valence-corrected chi connectivity index (χ3v) is 5.61. The maximum atomic E-state index is 5.32. The van der Waals surface area contributed by atoms with Gasteiger partial charge in [0.1, 0.15) is 5.76 Å². The van der Waals surface area contributed by atoms with Crippen LogP contribution in [0.1, 0.15) is 15.6 Å². The Labute approximate surface area is 155 Å². The number of aromatic nitrogens is 1. The van der Waals surface area contributed by atoms with Crippen LogP contribution in [0.2, 0.25) is 0 Å². The minimum atomic E-state index is 0.791. The van der Waals surface area contributed by atoms with Crippen molar-refractivity contribution in [1.29, 1.82) is 0 Å². The van der Waals surface area contributed by atoms with Crippen molar-refractivity contribution >= 4 is 28.6 Å². The molecule has 0 aliphatic carbocycles. The lowest BCUT2D eigenvalue weighted by atomic mass is 10.3. The second-order valence-corrected chi connectivity index (χ2v) is 7.75. The van der Waals surface area contributed by atoms with Crippen LogP contribution >= 0.6 is 22.7 Å². The molecule has 0 radical (unpaired) electrons. The fourth-order valence-electron chi connectivity index (χ4n) is 2.41. The Morgan fingerprint density at radius 1 is 1.20 bits per heavy atom. The summed E-state index contributed by atoms with van der Waals surface area (Å²) in [6, 6.07) is 8.23. The fourth-order valence-corrected chi connectivity index (χ4v) is 4.07. The Balaban J connectivity index is 1.41. The van der Waals surface area contributed by atoms with E-state index in [1.165, 1.54) is 9.75 Å². The molecule has 0 amide bonds. The maximum Gasteiger partial charge on any atom is 0.191 e. The first-order valence-electron chi connectivity index (χ1n) is 8.22. The quantitative estimate of drug-likeness (QED) is 0.489. The molecule has 0 atom stereocenters. The standard InChI is InChI=1S/C18H22N4OS2/c1-13-22-16(12-24-13)17-6-5-15(25-17)8-10-21-18(19-2)20-9-7-14-4-3-11-23-14/h3-6,11-12H,7-10H2,1-2H3,(H2,19,20,21). The molecule has 0 saturated heterocycles. The van der Waals surface area contributed by atoms with Crippen LogP contribution in [0.25, 0.3) is 10.6 Å². The molecule has 3 aromatic heterocycles. The number of aliphatic imine (C=N–C) groups is 1. The highest BCUT2D eigenvalue weighted by Gasteiger charge is 2.06. The van der Waals surface area contributed by atoms with Gasteiger partial charge in [0.25, 0.3) is 0 Å². The average Bonchev–Trinajstić information content (AvgIpc) is 3.35. The van der Waals surface area contributed by atoms with E-state index in [0.717, 1.165) is 48.4 Å². The Morgan fingerprint density at radius 3 is 2.72 bits per heavy atom. The number of nitrogens with zero attached hydrogens (tertiary/aromatic N) is 2. The van der Waals surface area contributed by atoms with Crippen molar-refractivity contribution in [2.45, 2.75) is 19.8 Å².